The molecule has 1 rings (SSSR count). The van der Waals surface area contributed by atoms with Crippen molar-refractivity contribution in [3.05, 3.63) is 36.4 Å². The van der Waals surface area contributed by atoms with Crippen LogP contribution in [0.15, 0.2) is 36.4 Å². The second-order valence-corrected chi connectivity index (χ2v) is 7.35. The lowest BCUT2D eigenvalue weighted by Gasteiger charge is -2.23. The zero-order valence-corrected chi connectivity index (χ0v) is 15.7. The maximum atomic E-state index is 2.29. The maximum absolute atomic E-state index is 2.29. The standard InChI is InChI=1S/C15H34N.C6H6/c1-5-6-7-8-9-10-11-12-13-14-15-16(2,3)4;1-2-4-6-5-3-1/h5-15H2,1-4H3;1-6H/q+1;. The summed E-state index contributed by atoms with van der Waals surface area (Å²) in [5, 5.41) is 0. The van der Waals surface area contributed by atoms with Gasteiger partial charge in [0.25, 0.3) is 0 Å². The predicted molar refractivity (Wildman–Crippen MR) is 101 cm³/mol. The van der Waals surface area contributed by atoms with Gasteiger partial charge in [0.15, 0.2) is 0 Å². The molecule has 0 heterocycles. The van der Waals surface area contributed by atoms with Gasteiger partial charge in [-0.15, -0.1) is 0 Å². The van der Waals surface area contributed by atoms with Gasteiger partial charge in [-0.2, -0.15) is 0 Å². The van der Waals surface area contributed by atoms with Crippen LogP contribution >= 0.6 is 0 Å². The van der Waals surface area contributed by atoms with Crippen molar-refractivity contribution in [2.24, 2.45) is 0 Å². The molecule has 1 heteroatoms. The fourth-order valence-corrected chi connectivity index (χ4v) is 2.46. The summed E-state index contributed by atoms with van der Waals surface area (Å²) < 4.78 is 1.12. The summed E-state index contributed by atoms with van der Waals surface area (Å²) in [6, 6.07) is 12.0. The first-order valence-electron chi connectivity index (χ1n) is 9.36. The molecule has 0 unspecified atom stereocenters. The Hall–Kier alpha value is -0.820. The Morgan fingerprint density at radius 2 is 0.818 bits per heavy atom. The van der Waals surface area contributed by atoms with Crippen molar-refractivity contribution in [1.82, 2.24) is 0 Å². The summed E-state index contributed by atoms with van der Waals surface area (Å²) in [6.07, 6.45) is 14.4. The minimum Gasteiger partial charge on any atom is -0.331 e. The summed E-state index contributed by atoms with van der Waals surface area (Å²) in [4.78, 5) is 0. The van der Waals surface area contributed by atoms with Gasteiger partial charge >= 0.3 is 0 Å². The van der Waals surface area contributed by atoms with Crippen LogP contribution in [-0.4, -0.2) is 32.2 Å². The molecule has 0 atom stereocenters. The number of quaternary nitrogens is 1. The lowest BCUT2D eigenvalue weighted by molar-refractivity contribution is -0.870. The van der Waals surface area contributed by atoms with Crippen molar-refractivity contribution >= 4 is 0 Å². The zero-order chi connectivity index (χ0) is 16.5. The molecular weight excluding hydrogens is 266 g/mol. The van der Waals surface area contributed by atoms with E-state index in [-0.39, 0.29) is 0 Å². The Morgan fingerprint density at radius 3 is 1.14 bits per heavy atom. The maximum Gasteiger partial charge on any atom is 0.0780 e. The van der Waals surface area contributed by atoms with E-state index in [9.17, 15) is 0 Å². The van der Waals surface area contributed by atoms with Gasteiger partial charge in [0.05, 0.1) is 27.7 Å². The average molecular weight is 307 g/mol. The quantitative estimate of drug-likeness (QED) is 0.332. The molecular formula is C21H40N+. The highest BCUT2D eigenvalue weighted by atomic mass is 15.3. The minimum atomic E-state index is 1.12. The van der Waals surface area contributed by atoms with Crippen LogP contribution in [0, 0.1) is 0 Å². The highest BCUT2D eigenvalue weighted by molar-refractivity contribution is 4.99. The minimum absolute atomic E-state index is 1.12. The van der Waals surface area contributed by atoms with Gasteiger partial charge in [-0.1, -0.05) is 94.7 Å². The Labute approximate surface area is 140 Å². The number of hydrogen-bond donors (Lipinski definition) is 0. The molecule has 128 valence electrons. The second-order valence-electron chi connectivity index (χ2n) is 7.35. The van der Waals surface area contributed by atoms with Crippen molar-refractivity contribution < 1.29 is 4.48 Å². The molecule has 0 N–H and O–H groups in total. The molecule has 0 saturated carbocycles. The number of hydrogen-bond acceptors (Lipinski definition) is 0. The Balaban J connectivity index is 0.000000604. The van der Waals surface area contributed by atoms with E-state index < -0.39 is 0 Å². The summed E-state index contributed by atoms with van der Waals surface area (Å²) in [6.45, 7) is 3.62. The SMILES string of the molecule is CCCCCCCCCCCC[N+](C)(C)C.c1ccccc1. The third kappa shape index (κ3) is 19.2. The van der Waals surface area contributed by atoms with Crippen LogP contribution in [0.1, 0.15) is 71.1 Å². The summed E-state index contributed by atoms with van der Waals surface area (Å²) in [7, 11) is 6.86. The Kier molecular flexibility index (Phi) is 14.5. The normalized spacial score (nSPS) is 10.9. The van der Waals surface area contributed by atoms with E-state index in [1.165, 1.54) is 70.8 Å². The molecule has 0 bridgehead atoms. The van der Waals surface area contributed by atoms with Gasteiger partial charge in [0.1, 0.15) is 0 Å². The molecule has 0 fully saturated rings. The van der Waals surface area contributed by atoms with E-state index in [1.807, 2.05) is 36.4 Å². The molecule has 0 aliphatic rings. The number of benzene rings is 1. The van der Waals surface area contributed by atoms with Crippen molar-refractivity contribution in [3.63, 3.8) is 0 Å². The lowest BCUT2D eigenvalue weighted by atomic mass is 10.1. The van der Waals surface area contributed by atoms with Crippen molar-refractivity contribution in [2.75, 3.05) is 27.7 Å². The fraction of sp³-hybridized carbons (Fsp3) is 0.714. The Bertz CT molecular complexity index is 273. The number of unbranched alkanes of at least 4 members (excludes halogenated alkanes) is 9. The third-order valence-corrected chi connectivity index (χ3v) is 3.85. The predicted octanol–water partition coefficient (Wildman–Crippen LogP) is 6.30. The lowest BCUT2D eigenvalue weighted by Crippen LogP contribution is -2.35. The zero-order valence-electron chi connectivity index (χ0n) is 15.7. The van der Waals surface area contributed by atoms with Gasteiger partial charge in [0, 0.05) is 0 Å². The van der Waals surface area contributed by atoms with E-state index in [4.69, 9.17) is 0 Å². The summed E-state index contributed by atoms with van der Waals surface area (Å²) in [5.74, 6) is 0. The molecule has 1 aromatic carbocycles. The van der Waals surface area contributed by atoms with Crippen LogP contribution in [0.25, 0.3) is 0 Å². The van der Waals surface area contributed by atoms with Crippen LogP contribution in [-0.2, 0) is 0 Å². The van der Waals surface area contributed by atoms with Crippen LogP contribution in [0.4, 0.5) is 0 Å². The van der Waals surface area contributed by atoms with Crippen molar-refractivity contribution in [1.29, 1.82) is 0 Å². The summed E-state index contributed by atoms with van der Waals surface area (Å²) >= 11 is 0. The van der Waals surface area contributed by atoms with Gasteiger partial charge in [-0.05, 0) is 12.8 Å². The molecule has 1 nitrogen and oxygen atoms in total. The molecule has 0 saturated heterocycles. The van der Waals surface area contributed by atoms with E-state index in [2.05, 4.69) is 28.1 Å². The second kappa shape index (κ2) is 15.1. The van der Waals surface area contributed by atoms with Gasteiger partial charge < -0.3 is 4.48 Å². The number of rotatable bonds is 11. The fourth-order valence-electron chi connectivity index (χ4n) is 2.46. The van der Waals surface area contributed by atoms with Gasteiger partial charge in [-0.3, -0.25) is 0 Å². The molecule has 0 amide bonds. The molecule has 0 aliphatic carbocycles. The molecule has 22 heavy (non-hydrogen) atoms. The molecule has 1 aromatic rings. The molecule has 0 aliphatic heterocycles. The average Bonchev–Trinajstić information content (AvgIpc) is 2.50. The first-order valence-corrected chi connectivity index (χ1v) is 9.36. The summed E-state index contributed by atoms with van der Waals surface area (Å²) in [5.41, 5.74) is 0. The van der Waals surface area contributed by atoms with Gasteiger partial charge in [-0.25, -0.2) is 0 Å². The highest BCUT2D eigenvalue weighted by Gasteiger charge is 2.04. The topological polar surface area (TPSA) is 0 Å². The van der Waals surface area contributed by atoms with E-state index >= 15 is 0 Å². The van der Waals surface area contributed by atoms with Crippen molar-refractivity contribution in [2.45, 2.75) is 71.1 Å². The molecule has 0 aromatic heterocycles. The van der Waals surface area contributed by atoms with E-state index in [1.54, 1.807) is 0 Å². The van der Waals surface area contributed by atoms with Crippen molar-refractivity contribution in [3.8, 4) is 0 Å². The smallest absolute Gasteiger partial charge is 0.0780 e. The Morgan fingerprint density at radius 1 is 0.500 bits per heavy atom. The van der Waals surface area contributed by atoms with Crippen LogP contribution < -0.4 is 0 Å². The first kappa shape index (κ1) is 21.2. The highest BCUT2D eigenvalue weighted by Crippen LogP contribution is 2.10. The molecule has 0 radical (unpaired) electrons. The van der Waals surface area contributed by atoms with Gasteiger partial charge in [0.2, 0.25) is 0 Å². The van der Waals surface area contributed by atoms with E-state index in [0.29, 0.717) is 0 Å². The van der Waals surface area contributed by atoms with Crippen LogP contribution in [0.2, 0.25) is 0 Å². The largest absolute Gasteiger partial charge is 0.331 e. The number of nitrogens with zero attached hydrogens (tertiary/aromatic N) is 1. The molecule has 0 spiro atoms. The monoisotopic (exact) mass is 306 g/mol. The first-order chi connectivity index (χ1) is 10.6. The van der Waals surface area contributed by atoms with E-state index in [0.717, 1.165) is 4.48 Å². The third-order valence-electron chi connectivity index (χ3n) is 3.85. The van der Waals surface area contributed by atoms with Crippen LogP contribution in [0.5, 0.6) is 0 Å². The van der Waals surface area contributed by atoms with Crippen LogP contribution in [0.3, 0.4) is 0 Å².